The number of aromatic amines is 1. The minimum absolute atomic E-state index is 0.165. The summed E-state index contributed by atoms with van der Waals surface area (Å²) in [5.41, 5.74) is 8.05. The van der Waals surface area contributed by atoms with Crippen LogP contribution in [-0.2, 0) is 6.42 Å². The summed E-state index contributed by atoms with van der Waals surface area (Å²) in [4.78, 5) is 20.3. The zero-order valence-electron chi connectivity index (χ0n) is 10.4. The molecule has 3 rings (SSSR count). The number of aryl methyl sites for hydroxylation is 1. The lowest BCUT2D eigenvalue weighted by Crippen LogP contribution is -2.14. The van der Waals surface area contributed by atoms with Crippen LogP contribution in [0.4, 0.5) is 5.69 Å². The molecule has 0 bridgehead atoms. The largest absolute Gasteiger partial charge is 0.398 e. The summed E-state index contributed by atoms with van der Waals surface area (Å²) in [6.45, 7) is 1.77. The highest BCUT2D eigenvalue weighted by atomic mass is 16.1. The summed E-state index contributed by atoms with van der Waals surface area (Å²) >= 11 is 0. The van der Waals surface area contributed by atoms with Gasteiger partial charge in [0, 0.05) is 23.9 Å². The number of para-hydroxylation sites is 1. The summed E-state index contributed by atoms with van der Waals surface area (Å²) in [6, 6.07) is 9.04. The average Bonchev–Trinajstić information content (AvgIpc) is 2.75. The minimum Gasteiger partial charge on any atom is -0.398 e. The number of nitrogens with one attached hydrogen (secondary N) is 1. The number of hydrogen-bond donors (Lipinski definition) is 2. The molecule has 0 unspecified atom stereocenters. The number of nitrogen functional groups attached to an aromatic ring is 1. The van der Waals surface area contributed by atoms with Gasteiger partial charge < -0.3 is 5.73 Å². The fraction of sp³-hybridized carbons (Fsp3) is 0.154. The predicted molar refractivity (Wildman–Crippen MR) is 72.0 cm³/mol. The van der Waals surface area contributed by atoms with E-state index in [2.05, 4.69) is 15.1 Å². The van der Waals surface area contributed by atoms with Gasteiger partial charge >= 0.3 is 0 Å². The lowest BCUT2D eigenvalue weighted by Gasteiger charge is -2.01. The number of nitrogens with zero attached hydrogens (tertiary/aromatic N) is 3. The van der Waals surface area contributed by atoms with Crippen molar-refractivity contribution in [1.82, 2.24) is 19.6 Å². The van der Waals surface area contributed by atoms with Gasteiger partial charge in [0.25, 0.3) is 11.3 Å². The Bertz CT molecular complexity index is 802. The van der Waals surface area contributed by atoms with Gasteiger partial charge in [0.1, 0.15) is 5.82 Å². The first-order valence-electron chi connectivity index (χ1n) is 5.92. The second-order valence-corrected chi connectivity index (χ2v) is 4.42. The number of aromatic nitrogens is 4. The van der Waals surface area contributed by atoms with Crippen molar-refractivity contribution < 1.29 is 0 Å². The van der Waals surface area contributed by atoms with E-state index in [1.165, 1.54) is 10.6 Å². The van der Waals surface area contributed by atoms with Crippen LogP contribution >= 0.6 is 0 Å². The number of rotatable bonds is 2. The number of benzene rings is 1. The molecule has 3 aromatic rings. The van der Waals surface area contributed by atoms with Gasteiger partial charge in [-0.25, -0.2) is 4.98 Å². The Balaban J connectivity index is 2.05. The van der Waals surface area contributed by atoms with Crippen LogP contribution in [0.3, 0.4) is 0 Å². The lowest BCUT2D eigenvalue weighted by molar-refractivity contribution is 0.858. The van der Waals surface area contributed by atoms with Gasteiger partial charge in [-0.15, -0.1) is 0 Å². The second kappa shape index (κ2) is 4.24. The molecule has 0 spiro atoms. The van der Waals surface area contributed by atoms with Crippen LogP contribution in [-0.4, -0.2) is 19.6 Å². The van der Waals surface area contributed by atoms with E-state index in [-0.39, 0.29) is 5.56 Å². The predicted octanol–water partition coefficient (Wildman–Crippen LogP) is 0.899. The summed E-state index contributed by atoms with van der Waals surface area (Å²) < 4.78 is 1.33. The van der Waals surface area contributed by atoms with Crippen LogP contribution < -0.4 is 11.3 Å². The number of hydrogen-bond acceptors (Lipinski definition) is 4. The average molecular weight is 255 g/mol. The van der Waals surface area contributed by atoms with Crippen LogP contribution in [0.25, 0.3) is 5.78 Å². The first-order chi connectivity index (χ1) is 9.13. The molecule has 0 radical (unpaired) electrons. The van der Waals surface area contributed by atoms with Crippen molar-refractivity contribution in [3.63, 3.8) is 0 Å². The van der Waals surface area contributed by atoms with E-state index in [0.717, 1.165) is 5.56 Å². The molecule has 2 aromatic heterocycles. The van der Waals surface area contributed by atoms with Gasteiger partial charge in [-0.05, 0) is 18.6 Å². The van der Waals surface area contributed by atoms with Crippen LogP contribution in [0, 0.1) is 6.92 Å². The molecule has 1 aromatic carbocycles. The van der Waals surface area contributed by atoms with E-state index in [1.807, 2.05) is 24.3 Å². The smallest absolute Gasteiger partial charge is 0.274 e. The number of nitrogens with two attached hydrogens (primary N) is 1. The van der Waals surface area contributed by atoms with E-state index in [4.69, 9.17) is 5.73 Å². The quantitative estimate of drug-likeness (QED) is 0.666. The molecule has 3 N–H and O–H groups in total. The highest BCUT2D eigenvalue weighted by Gasteiger charge is 2.08. The van der Waals surface area contributed by atoms with Crippen molar-refractivity contribution in [2.45, 2.75) is 13.3 Å². The van der Waals surface area contributed by atoms with Crippen LogP contribution in [0.15, 0.2) is 35.1 Å². The molecule has 0 aliphatic heterocycles. The highest BCUT2D eigenvalue weighted by Crippen LogP contribution is 2.13. The Hall–Kier alpha value is -2.63. The summed E-state index contributed by atoms with van der Waals surface area (Å²) in [5.74, 6) is 1.04. The maximum Gasteiger partial charge on any atom is 0.274 e. The summed E-state index contributed by atoms with van der Waals surface area (Å²) in [5, 5.41) is 2.94. The Morgan fingerprint density at radius 3 is 2.89 bits per heavy atom. The molecule has 0 saturated carbocycles. The van der Waals surface area contributed by atoms with E-state index in [0.29, 0.717) is 29.4 Å². The zero-order chi connectivity index (χ0) is 13.4. The van der Waals surface area contributed by atoms with E-state index in [1.54, 1.807) is 6.92 Å². The molecule has 0 amide bonds. The van der Waals surface area contributed by atoms with Crippen molar-refractivity contribution in [2.75, 3.05) is 5.73 Å². The molecule has 0 aliphatic rings. The third-order valence-electron chi connectivity index (χ3n) is 2.92. The van der Waals surface area contributed by atoms with Crippen LogP contribution in [0.5, 0.6) is 0 Å². The lowest BCUT2D eigenvalue weighted by atomic mass is 10.1. The first kappa shape index (κ1) is 11.5. The van der Waals surface area contributed by atoms with E-state index < -0.39 is 0 Å². The van der Waals surface area contributed by atoms with Gasteiger partial charge in [-0.2, -0.15) is 9.50 Å². The van der Waals surface area contributed by atoms with Crippen molar-refractivity contribution >= 4 is 11.5 Å². The van der Waals surface area contributed by atoms with Crippen molar-refractivity contribution in [3.8, 4) is 0 Å². The summed E-state index contributed by atoms with van der Waals surface area (Å²) in [6.07, 6.45) is 0.536. The molecule has 96 valence electrons. The Kier molecular flexibility index (Phi) is 2.56. The second-order valence-electron chi connectivity index (χ2n) is 4.42. The van der Waals surface area contributed by atoms with Crippen molar-refractivity contribution in [3.05, 3.63) is 57.8 Å². The molecule has 0 atom stereocenters. The molecular weight excluding hydrogens is 242 g/mol. The Morgan fingerprint density at radius 1 is 1.32 bits per heavy atom. The maximum atomic E-state index is 11.8. The molecule has 6 heteroatoms. The third kappa shape index (κ3) is 2.08. The van der Waals surface area contributed by atoms with Crippen molar-refractivity contribution in [2.24, 2.45) is 0 Å². The number of fused-ring (bicyclic) bond motifs is 1. The zero-order valence-corrected chi connectivity index (χ0v) is 10.4. The van der Waals surface area contributed by atoms with Crippen LogP contribution in [0.1, 0.15) is 17.1 Å². The highest BCUT2D eigenvalue weighted by molar-refractivity contribution is 5.47. The standard InChI is InChI=1S/C13H13N5O/c1-8-6-12(19)18-13(15-8)16-11(17-18)7-9-4-2-3-5-10(9)14/h2-6H,7,14H2,1H3,(H,15,16,17). The van der Waals surface area contributed by atoms with Crippen LogP contribution in [0.2, 0.25) is 0 Å². The molecule has 2 heterocycles. The fourth-order valence-corrected chi connectivity index (χ4v) is 1.99. The molecule has 0 saturated heterocycles. The van der Waals surface area contributed by atoms with Crippen molar-refractivity contribution in [1.29, 1.82) is 0 Å². The first-order valence-corrected chi connectivity index (χ1v) is 5.92. The molecule has 19 heavy (non-hydrogen) atoms. The SMILES string of the molecule is Cc1cc(=O)n2[nH]c(Cc3ccccc3N)nc2n1. The monoisotopic (exact) mass is 255 g/mol. The Morgan fingerprint density at radius 2 is 2.11 bits per heavy atom. The van der Waals surface area contributed by atoms with Gasteiger partial charge in [0.15, 0.2) is 0 Å². The molecule has 0 fully saturated rings. The topological polar surface area (TPSA) is 89.1 Å². The normalized spacial score (nSPS) is 11.0. The minimum atomic E-state index is -0.165. The molecule has 0 aliphatic carbocycles. The molecule has 6 nitrogen and oxygen atoms in total. The summed E-state index contributed by atoms with van der Waals surface area (Å²) in [7, 11) is 0. The van der Waals surface area contributed by atoms with Gasteiger partial charge in [-0.3, -0.25) is 9.89 Å². The van der Waals surface area contributed by atoms with E-state index >= 15 is 0 Å². The van der Waals surface area contributed by atoms with Gasteiger partial charge in [-0.1, -0.05) is 18.2 Å². The maximum absolute atomic E-state index is 11.8. The van der Waals surface area contributed by atoms with E-state index in [9.17, 15) is 4.79 Å². The molecular formula is C13H13N5O. The number of H-pyrrole nitrogens is 1. The third-order valence-corrected chi connectivity index (χ3v) is 2.92. The Labute approximate surface area is 108 Å². The number of anilines is 1. The van der Waals surface area contributed by atoms with Gasteiger partial charge in [0.2, 0.25) is 0 Å². The van der Waals surface area contributed by atoms with Gasteiger partial charge in [0.05, 0.1) is 0 Å². The fourth-order valence-electron chi connectivity index (χ4n) is 1.99.